The Morgan fingerprint density at radius 1 is 0.833 bits per heavy atom. The van der Waals surface area contributed by atoms with Crippen LogP contribution in [0.15, 0.2) is 46.2 Å². The number of nitrogens with two attached hydrogens (primary N) is 1. The average molecular weight is 369 g/mol. The van der Waals surface area contributed by atoms with Crippen molar-refractivity contribution in [2.24, 2.45) is 0 Å². The van der Waals surface area contributed by atoms with Crippen molar-refractivity contribution in [3.05, 3.63) is 53.1 Å². The summed E-state index contributed by atoms with van der Waals surface area (Å²) in [5.74, 6) is 0. The second-order valence-corrected chi connectivity index (χ2v) is 7.90. The zero-order valence-electron chi connectivity index (χ0n) is 12.5. The van der Waals surface area contributed by atoms with E-state index in [4.69, 9.17) is 5.73 Å². The molecule has 0 heterocycles. The Labute approximate surface area is 139 Å². The number of nitrogen functional groups attached to an aromatic ring is 1. The maximum Gasteiger partial charge on any atom is 0.295 e. The van der Waals surface area contributed by atoms with Crippen molar-refractivity contribution in [2.45, 2.75) is 16.7 Å². The van der Waals surface area contributed by atoms with E-state index in [9.17, 15) is 25.9 Å². The molecule has 0 aromatic heterocycles. The van der Waals surface area contributed by atoms with Crippen molar-refractivity contribution in [3.8, 4) is 0 Å². The van der Waals surface area contributed by atoms with Gasteiger partial charge in [-0.15, -0.1) is 0 Å². The highest BCUT2D eigenvalue weighted by Gasteiger charge is 2.16. The average Bonchev–Trinajstić information content (AvgIpc) is 2.45. The molecule has 128 valence electrons. The number of rotatable bonds is 4. The summed E-state index contributed by atoms with van der Waals surface area (Å²) >= 11 is 0. The summed E-state index contributed by atoms with van der Waals surface area (Å²) < 4.78 is 64.3. The van der Waals surface area contributed by atoms with Crippen molar-refractivity contribution in [2.75, 3.05) is 5.73 Å². The molecule has 24 heavy (non-hydrogen) atoms. The zero-order chi connectivity index (χ0) is 18.1. The molecule has 9 heteroatoms. The molecule has 0 amide bonds. The first-order valence-corrected chi connectivity index (χ1v) is 9.50. The summed E-state index contributed by atoms with van der Waals surface area (Å²) in [4.78, 5) is -0.707. The minimum atomic E-state index is -4.50. The Hall–Kier alpha value is -2.20. The Kier molecular flexibility index (Phi) is 4.81. The van der Waals surface area contributed by atoms with Crippen LogP contribution in [0.5, 0.6) is 0 Å². The molecule has 7 nitrogen and oxygen atoms in total. The molecule has 0 saturated heterocycles. The van der Waals surface area contributed by atoms with E-state index in [-0.39, 0.29) is 21.7 Å². The van der Waals surface area contributed by atoms with E-state index in [1.54, 1.807) is 13.0 Å². The molecule has 0 atom stereocenters. The molecule has 0 saturated carbocycles. The molecule has 4 N–H and O–H groups in total. The van der Waals surface area contributed by atoms with Gasteiger partial charge < -0.3 is 5.73 Å². The fraction of sp³-hybridized carbons (Fsp3) is 0.0667. The predicted octanol–water partition coefficient (Wildman–Crippen LogP) is 2.24. The largest absolute Gasteiger partial charge is 0.399 e. The van der Waals surface area contributed by atoms with Crippen molar-refractivity contribution in [3.63, 3.8) is 0 Å². The van der Waals surface area contributed by atoms with E-state index in [1.165, 1.54) is 36.4 Å². The Morgan fingerprint density at radius 3 is 1.79 bits per heavy atom. The summed E-state index contributed by atoms with van der Waals surface area (Å²) in [6, 6.07) is 8.30. The van der Waals surface area contributed by atoms with Crippen LogP contribution in [0.25, 0.3) is 12.2 Å². The lowest BCUT2D eigenvalue weighted by Crippen LogP contribution is -2.03. The molecule has 0 radical (unpaired) electrons. The van der Waals surface area contributed by atoms with Crippen LogP contribution in [-0.2, 0) is 20.2 Å². The zero-order valence-corrected chi connectivity index (χ0v) is 14.2. The van der Waals surface area contributed by atoms with Gasteiger partial charge >= 0.3 is 0 Å². The molecular formula is C15H15NO6S2. The van der Waals surface area contributed by atoms with Gasteiger partial charge in [0, 0.05) is 5.69 Å². The summed E-state index contributed by atoms with van der Waals surface area (Å²) in [5, 5.41) is 0. The molecule has 0 fully saturated rings. The van der Waals surface area contributed by atoms with Gasteiger partial charge in [0.2, 0.25) is 0 Å². The molecule has 2 aromatic rings. The standard InChI is InChI=1S/C15H15NO6S2/c1-10-2-3-11(14(8-10)23(17,18)19)4-5-12-6-7-13(16)9-15(12)24(20,21)22/h2-9H,16H2,1H3,(H,17,18,19)(H,20,21,22)/b5-4+. The van der Waals surface area contributed by atoms with Gasteiger partial charge in [0.15, 0.2) is 0 Å². The van der Waals surface area contributed by atoms with Gasteiger partial charge in [-0.05, 0) is 41.8 Å². The van der Waals surface area contributed by atoms with E-state index < -0.39 is 25.1 Å². The van der Waals surface area contributed by atoms with Gasteiger partial charge in [-0.2, -0.15) is 16.8 Å². The van der Waals surface area contributed by atoms with E-state index in [1.807, 2.05) is 0 Å². The van der Waals surface area contributed by atoms with Crippen LogP contribution in [0.3, 0.4) is 0 Å². The third-order valence-electron chi connectivity index (χ3n) is 3.20. The van der Waals surface area contributed by atoms with Crippen molar-refractivity contribution >= 4 is 38.1 Å². The van der Waals surface area contributed by atoms with Crippen molar-refractivity contribution in [1.82, 2.24) is 0 Å². The summed E-state index contributed by atoms with van der Waals surface area (Å²) in [6.45, 7) is 1.67. The van der Waals surface area contributed by atoms with Gasteiger partial charge in [-0.1, -0.05) is 30.4 Å². The van der Waals surface area contributed by atoms with Crippen LogP contribution in [0, 0.1) is 6.92 Å². The molecule has 2 aromatic carbocycles. The highest BCUT2D eigenvalue weighted by molar-refractivity contribution is 7.86. The molecular weight excluding hydrogens is 354 g/mol. The number of hydrogen-bond acceptors (Lipinski definition) is 5. The first kappa shape index (κ1) is 18.1. The third kappa shape index (κ3) is 4.20. The summed E-state index contributed by atoms with van der Waals surface area (Å²) in [5.41, 5.74) is 6.58. The Morgan fingerprint density at radius 2 is 1.29 bits per heavy atom. The fourth-order valence-electron chi connectivity index (χ4n) is 2.09. The van der Waals surface area contributed by atoms with Gasteiger partial charge in [0.25, 0.3) is 20.2 Å². The second-order valence-electron chi connectivity index (χ2n) is 5.12. The molecule has 0 aliphatic carbocycles. The van der Waals surface area contributed by atoms with E-state index in [2.05, 4.69) is 0 Å². The first-order valence-electron chi connectivity index (χ1n) is 6.62. The maximum atomic E-state index is 11.5. The molecule has 0 bridgehead atoms. The van der Waals surface area contributed by atoms with E-state index in [0.717, 1.165) is 6.07 Å². The topological polar surface area (TPSA) is 135 Å². The lowest BCUT2D eigenvalue weighted by molar-refractivity contribution is 0.480. The summed E-state index contributed by atoms with van der Waals surface area (Å²) in [6.07, 6.45) is 2.63. The van der Waals surface area contributed by atoms with Gasteiger partial charge in [-0.3, -0.25) is 9.11 Å². The van der Waals surface area contributed by atoms with Crippen LogP contribution in [-0.4, -0.2) is 25.9 Å². The lowest BCUT2D eigenvalue weighted by Gasteiger charge is -2.06. The summed E-state index contributed by atoms with van der Waals surface area (Å²) in [7, 11) is -8.95. The molecule has 0 aliphatic heterocycles. The van der Waals surface area contributed by atoms with Crippen molar-refractivity contribution in [1.29, 1.82) is 0 Å². The normalized spacial score (nSPS) is 12.6. The SMILES string of the molecule is Cc1ccc(/C=C/c2ccc(N)cc2S(=O)(=O)O)c(S(=O)(=O)O)c1. The highest BCUT2D eigenvalue weighted by Crippen LogP contribution is 2.24. The predicted molar refractivity (Wildman–Crippen MR) is 90.6 cm³/mol. The Bertz CT molecular complexity index is 940. The quantitative estimate of drug-likeness (QED) is 0.427. The molecule has 0 aliphatic rings. The number of anilines is 1. The fourth-order valence-corrected chi connectivity index (χ4v) is 3.58. The number of hydrogen-bond donors (Lipinski definition) is 3. The monoisotopic (exact) mass is 369 g/mol. The van der Waals surface area contributed by atoms with Crippen LogP contribution in [0.2, 0.25) is 0 Å². The van der Waals surface area contributed by atoms with Gasteiger partial charge in [-0.25, -0.2) is 0 Å². The van der Waals surface area contributed by atoms with E-state index >= 15 is 0 Å². The molecule has 2 rings (SSSR count). The maximum absolute atomic E-state index is 11.5. The highest BCUT2D eigenvalue weighted by atomic mass is 32.2. The van der Waals surface area contributed by atoms with E-state index in [0.29, 0.717) is 5.56 Å². The molecule has 0 spiro atoms. The van der Waals surface area contributed by atoms with Crippen LogP contribution < -0.4 is 5.73 Å². The van der Waals surface area contributed by atoms with Crippen LogP contribution in [0.1, 0.15) is 16.7 Å². The van der Waals surface area contributed by atoms with Crippen LogP contribution >= 0.6 is 0 Å². The lowest BCUT2D eigenvalue weighted by atomic mass is 10.1. The smallest absolute Gasteiger partial charge is 0.295 e. The number of benzene rings is 2. The van der Waals surface area contributed by atoms with Crippen molar-refractivity contribution < 1.29 is 25.9 Å². The van der Waals surface area contributed by atoms with Crippen LogP contribution in [0.4, 0.5) is 5.69 Å². The minimum absolute atomic E-state index is 0.119. The number of aryl methyl sites for hydroxylation is 1. The third-order valence-corrected chi connectivity index (χ3v) is 5.02. The second kappa shape index (κ2) is 6.36. The molecule has 0 unspecified atom stereocenters. The Balaban J connectivity index is 2.59. The minimum Gasteiger partial charge on any atom is -0.399 e. The van der Waals surface area contributed by atoms with Gasteiger partial charge in [0.1, 0.15) is 9.79 Å². The van der Waals surface area contributed by atoms with Gasteiger partial charge in [0.05, 0.1) is 0 Å². The first-order chi connectivity index (χ1) is 11.0.